The highest BCUT2D eigenvalue weighted by Gasteiger charge is 2.20. The number of benzene rings is 1. The van der Waals surface area contributed by atoms with Gasteiger partial charge in [0, 0.05) is 18.3 Å². The highest BCUT2D eigenvalue weighted by atomic mass is 35.5. The van der Waals surface area contributed by atoms with Crippen LogP contribution in [-0.2, 0) is 0 Å². The van der Waals surface area contributed by atoms with Gasteiger partial charge in [-0.3, -0.25) is 19.3 Å². The van der Waals surface area contributed by atoms with E-state index in [1.807, 2.05) is 0 Å². The number of nitrogens with zero attached hydrogens (tertiary/aromatic N) is 3. The zero-order valence-corrected chi connectivity index (χ0v) is 14.1. The molecule has 1 amide bonds. The number of nitro benzene ring substituents is 1. The Bertz CT molecular complexity index is 999. The van der Waals surface area contributed by atoms with Gasteiger partial charge in [-0.15, -0.1) is 0 Å². The van der Waals surface area contributed by atoms with Crippen molar-refractivity contribution in [3.05, 3.63) is 63.1 Å². The number of hydrogen-bond donors (Lipinski definition) is 1. The third-order valence-corrected chi connectivity index (χ3v) is 3.84. The molecule has 0 fully saturated rings. The Morgan fingerprint density at radius 3 is 2.80 bits per heavy atom. The van der Waals surface area contributed by atoms with Crippen molar-refractivity contribution in [1.29, 1.82) is 0 Å². The van der Waals surface area contributed by atoms with Crippen molar-refractivity contribution in [2.24, 2.45) is 0 Å². The first kappa shape index (κ1) is 16.7. The van der Waals surface area contributed by atoms with Crippen LogP contribution in [0.25, 0.3) is 5.65 Å². The molecule has 8 nitrogen and oxygen atoms in total. The summed E-state index contributed by atoms with van der Waals surface area (Å²) in [6.45, 7) is 1.69. The highest BCUT2D eigenvalue weighted by molar-refractivity contribution is 6.30. The molecule has 9 heteroatoms. The quantitative estimate of drug-likeness (QED) is 0.567. The fourth-order valence-electron chi connectivity index (χ4n) is 2.50. The Hall–Kier alpha value is -3.13. The van der Waals surface area contributed by atoms with Gasteiger partial charge in [-0.2, -0.15) is 0 Å². The van der Waals surface area contributed by atoms with E-state index >= 15 is 0 Å². The predicted octanol–water partition coefficient (Wildman–Crippen LogP) is 3.47. The number of aromatic nitrogens is 2. The number of carbonyl (C=O) groups excluding carboxylic acids is 1. The molecule has 3 aromatic rings. The number of ether oxygens (including phenoxy) is 1. The number of pyridine rings is 1. The number of nitro groups is 1. The van der Waals surface area contributed by atoms with Gasteiger partial charge < -0.3 is 10.1 Å². The zero-order chi connectivity index (χ0) is 18.1. The third-order valence-electron chi connectivity index (χ3n) is 3.61. The number of methoxy groups -OCH3 is 1. The summed E-state index contributed by atoms with van der Waals surface area (Å²) < 4.78 is 6.72. The molecule has 2 heterocycles. The van der Waals surface area contributed by atoms with Crippen molar-refractivity contribution in [2.45, 2.75) is 6.92 Å². The van der Waals surface area contributed by atoms with Crippen LogP contribution < -0.4 is 10.1 Å². The van der Waals surface area contributed by atoms with E-state index in [0.29, 0.717) is 22.1 Å². The van der Waals surface area contributed by atoms with Crippen LogP contribution in [0.3, 0.4) is 0 Å². The minimum atomic E-state index is -0.547. The molecule has 128 valence electrons. The lowest BCUT2D eigenvalue weighted by Gasteiger charge is -2.10. The average molecular weight is 361 g/mol. The molecule has 0 radical (unpaired) electrons. The molecule has 0 aliphatic carbocycles. The molecule has 0 aliphatic rings. The number of halogens is 1. The largest absolute Gasteiger partial charge is 0.495 e. The van der Waals surface area contributed by atoms with Gasteiger partial charge in [0.05, 0.1) is 28.4 Å². The molecule has 0 unspecified atom stereocenters. The minimum Gasteiger partial charge on any atom is -0.495 e. The normalized spacial score (nSPS) is 10.7. The SMILES string of the molecule is COc1ccc([N+](=O)[O-])cc1NC(=O)c1c(C)nc2ccc(Cl)cn12. The first-order valence-corrected chi connectivity index (χ1v) is 7.56. The molecule has 1 aromatic carbocycles. The van der Waals surface area contributed by atoms with E-state index in [4.69, 9.17) is 16.3 Å². The molecule has 0 spiro atoms. The average Bonchev–Trinajstić information content (AvgIpc) is 2.89. The smallest absolute Gasteiger partial charge is 0.274 e. The van der Waals surface area contributed by atoms with Crippen molar-refractivity contribution in [2.75, 3.05) is 12.4 Å². The summed E-state index contributed by atoms with van der Waals surface area (Å²) in [6, 6.07) is 7.33. The second kappa shape index (κ2) is 6.40. The molecular weight excluding hydrogens is 348 g/mol. The lowest BCUT2D eigenvalue weighted by Crippen LogP contribution is -2.16. The van der Waals surface area contributed by atoms with Crippen molar-refractivity contribution >= 4 is 34.5 Å². The molecule has 0 aliphatic heterocycles. The number of rotatable bonds is 4. The lowest BCUT2D eigenvalue weighted by atomic mass is 10.2. The van der Waals surface area contributed by atoms with E-state index < -0.39 is 10.8 Å². The van der Waals surface area contributed by atoms with E-state index in [0.717, 1.165) is 0 Å². The number of carbonyl (C=O) groups is 1. The molecule has 25 heavy (non-hydrogen) atoms. The van der Waals surface area contributed by atoms with Gasteiger partial charge in [-0.1, -0.05) is 11.6 Å². The van der Waals surface area contributed by atoms with Crippen molar-refractivity contribution in [3.63, 3.8) is 0 Å². The van der Waals surface area contributed by atoms with Crippen LogP contribution in [0.2, 0.25) is 5.02 Å². The van der Waals surface area contributed by atoms with E-state index in [1.54, 1.807) is 29.7 Å². The maximum atomic E-state index is 12.7. The monoisotopic (exact) mass is 360 g/mol. The van der Waals surface area contributed by atoms with Crippen molar-refractivity contribution < 1.29 is 14.5 Å². The van der Waals surface area contributed by atoms with Crippen molar-refractivity contribution in [1.82, 2.24) is 9.38 Å². The summed E-state index contributed by atoms with van der Waals surface area (Å²) in [4.78, 5) is 27.4. The van der Waals surface area contributed by atoms with Crippen LogP contribution >= 0.6 is 11.6 Å². The number of hydrogen-bond acceptors (Lipinski definition) is 5. The topological polar surface area (TPSA) is 98.8 Å². The number of fused-ring (bicyclic) bond motifs is 1. The molecule has 2 aromatic heterocycles. The van der Waals surface area contributed by atoms with Gasteiger partial charge in [0.25, 0.3) is 11.6 Å². The van der Waals surface area contributed by atoms with Gasteiger partial charge in [0.1, 0.15) is 17.1 Å². The molecule has 1 N–H and O–H groups in total. The van der Waals surface area contributed by atoms with Gasteiger partial charge in [0.2, 0.25) is 0 Å². The maximum absolute atomic E-state index is 12.7. The minimum absolute atomic E-state index is 0.158. The fraction of sp³-hybridized carbons (Fsp3) is 0.125. The summed E-state index contributed by atoms with van der Waals surface area (Å²) in [5.41, 5.74) is 1.39. The van der Waals surface area contributed by atoms with Crippen LogP contribution in [-0.4, -0.2) is 27.3 Å². The van der Waals surface area contributed by atoms with Gasteiger partial charge in [-0.25, -0.2) is 4.98 Å². The van der Waals surface area contributed by atoms with Crippen LogP contribution in [0.1, 0.15) is 16.2 Å². The number of imidazole rings is 1. The number of amides is 1. The van der Waals surface area contributed by atoms with Crippen LogP contribution in [0.15, 0.2) is 36.5 Å². The second-order valence-electron chi connectivity index (χ2n) is 5.22. The number of anilines is 1. The third kappa shape index (κ3) is 3.11. The first-order chi connectivity index (χ1) is 11.9. The summed E-state index contributed by atoms with van der Waals surface area (Å²) in [5, 5.41) is 14.0. The van der Waals surface area contributed by atoms with Gasteiger partial charge >= 0.3 is 0 Å². The maximum Gasteiger partial charge on any atom is 0.274 e. The standard InChI is InChI=1S/C16H13ClN4O4/c1-9-15(20-8-10(17)3-6-14(20)18-9)16(22)19-12-7-11(21(23)24)4-5-13(12)25-2/h3-8H,1-2H3,(H,19,22). The second-order valence-corrected chi connectivity index (χ2v) is 5.65. The van der Waals surface area contributed by atoms with Crippen LogP contribution in [0, 0.1) is 17.0 Å². The highest BCUT2D eigenvalue weighted by Crippen LogP contribution is 2.29. The van der Waals surface area contributed by atoms with E-state index in [-0.39, 0.29) is 17.1 Å². The number of nitrogens with one attached hydrogen (secondary N) is 1. The zero-order valence-electron chi connectivity index (χ0n) is 13.3. The Balaban J connectivity index is 2.03. The molecular formula is C16H13ClN4O4. The fourth-order valence-corrected chi connectivity index (χ4v) is 2.66. The Morgan fingerprint density at radius 2 is 2.12 bits per heavy atom. The van der Waals surface area contributed by atoms with E-state index in [2.05, 4.69) is 10.3 Å². The summed E-state index contributed by atoms with van der Waals surface area (Å²) in [7, 11) is 1.41. The number of aryl methyl sites for hydroxylation is 1. The molecule has 0 bridgehead atoms. The van der Waals surface area contributed by atoms with Crippen molar-refractivity contribution in [3.8, 4) is 5.75 Å². The summed E-state index contributed by atoms with van der Waals surface area (Å²) in [5.74, 6) is -0.172. The first-order valence-electron chi connectivity index (χ1n) is 7.18. The van der Waals surface area contributed by atoms with Gasteiger partial charge in [-0.05, 0) is 25.1 Å². The Morgan fingerprint density at radius 1 is 1.36 bits per heavy atom. The molecule has 0 saturated heterocycles. The van der Waals surface area contributed by atoms with Crippen LogP contribution in [0.4, 0.5) is 11.4 Å². The number of non-ortho nitro benzene ring substituents is 1. The molecule has 0 atom stereocenters. The molecule has 0 saturated carbocycles. The van der Waals surface area contributed by atoms with E-state index in [9.17, 15) is 14.9 Å². The summed E-state index contributed by atoms with van der Waals surface area (Å²) in [6.07, 6.45) is 1.58. The Labute approximate surface area is 147 Å². The lowest BCUT2D eigenvalue weighted by molar-refractivity contribution is -0.384. The van der Waals surface area contributed by atoms with E-state index in [1.165, 1.54) is 25.3 Å². The Kier molecular flexibility index (Phi) is 4.28. The van der Waals surface area contributed by atoms with Gasteiger partial charge in [0.15, 0.2) is 0 Å². The summed E-state index contributed by atoms with van der Waals surface area (Å²) >= 11 is 5.99. The van der Waals surface area contributed by atoms with Crippen LogP contribution in [0.5, 0.6) is 5.75 Å². The predicted molar refractivity (Wildman–Crippen MR) is 92.5 cm³/mol. The molecule has 3 rings (SSSR count).